The molecule has 4 N–H and O–H groups in total. The Labute approximate surface area is 108 Å². The maximum absolute atomic E-state index is 11.3. The number of nitrogens with one attached hydrogen (secondary N) is 1. The summed E-state index contributed by atoms with van der Waals surface area (Å²) in [4.78, 5) is 22.0. The van der Waals surface area contributed by atoms with Crippen molar-refractivity contribution in [2.45, 2.75) is 45.6 Å². The molecule has 0 saturated carbocycles. The number of carbonyl (C=O) groups is 2. The van der Waals surface area contributed by atoms with Gasteiger partial charge in [0.25, 0.3) is 0 Å². The van der Waals surface area contributed by atoms with Gasteiger partial charge in [0.1, 0.15) is 5.60 Å². The van der Waals surface area contributed by atoms with Gasteiger partial charge in [-0.2, -0.15) is 0 Å². The second kappa shape index (κ2) is 7.92. The number of amides is 1. The van der Waals surface area contributed by atoms with Gasteiger partial charge in [-0.1, -0.05) is 6.42 Å². The SMILES string of the molecule is CC(C)(C)OC(=O)NCCCC[C@@H](CN)C(=O)O. The van der Waals surface area contributed by atoms with E-state index in [4.69, 9.17) is 15.6 Å². The number of carboxylic acid groups (broad SMARTS) is 1. The molecule has 0 aliphatic rings. The topological polar surface area (TPSA) is 102 Å². The second-order valence-corrected chi connectivity index (χ2v) is 5.20. The summed E-state index contributed by atoms with van der Waals surface area (Å²) in [5.41, 5.74) is 4.83. The van der Waals surface area contributed by atoms with Crippen LogP contribution >= 0.6 is 0 Å². The van der Waals surface area contributed by atoms with E-state index in [9.17, 15) is 9.59 Å². The van der Waals surface area contributed by atoms with E-state index in [2.05, 4.69) is 5.32 Å². The van der Waals surface area contributed by atoms with Crippen molar-refractivity contribution >= 4 is 12.1 Å². The highest BCUT2D eigenvalue weighted by atomic mass is 16.6. The summed E-state index contributed by atoms with van der Waals surface area (Å²) in [5.74, 6) is -1.36. The molecule has 6 nitrogen and oxygen atoms in total. The number of rotatable bonds is 7. The Morgan fingerprint density at radius 1 is 1.33 bits per heavy atom. The Hall–Kier alpha value is -1.30. The third-order valence-corrected chi connectivity index (χ3v) is 2.28. The lowest BCUT2D eigenvalue weighted by Crippen LogP contribution is -2.33. The Morgan fingerprint density at radius 3 is 2.39 bits per heavy atom. The van der Waals surface area contributed by atoms with Gasteiger partial charge in [0.15, 0.2) is 0 Å². The van der Waals surface area contributed by atoms with Gasteiger partial charge in [-0.3, -0.25) is 4.79 Å². The van der Waals surface area contributed by atoms with Gasteiger partial charge in [-0.25, -0.2) is 4.79 Å². The molecule has 0 fully saturated rings. The molecule has 18 heavy (non-hydrogen) atoms. The first-order chi connectivity index (χ1) is 8.26. The fourth-order valence-corrected chi connectivity index (χ4v) is 1.36. The van der Waals surface area contributed by atoms with Crippen LogP contribution < -0.4 is 11.1 Å². The van der Waals surface area contributed by atoms with Crippen LogP contribution in [0.15, 0.2) is 0 Å². The highest BCUT2D eigenvalue weighted by Gasteiger charge is 2.16. The van der Waals surface area contributed by atoms with Crippen LogP contribution in [0.25, 0.3) is 0 Å². The number of hydrogen-bond acceptors (Lipinski definition) is 4. The fraction of sp³-hybridized carbons (Fsp3) is 0.833. The molecule has 0 heterocycles. The summed E-state index contributed by atoms with van der Waals surface area (Å²) in [6.07, 6.45) is 1.51. The van der Waals surface area contributed by atoms with E-state index in [1.54, 1.807) is 20.8 Å². The van der Waals surface area contributed by atoms with E-state index in [1.807, 2.05) is 0 Å². The van der Waals surface area contributed by atoms with Gasteiger partial charge in [0.05, 0.1) is 5.92 Å². The van der Waals surface area contributed by atoms with Crippen molar-refractivity contribution in [3.05, 3.63) is 0 Å². The largest absolute Gasteiger partial charge is 0.481 e. The van der Waals surface area contributed by atoms with E-state index in [0.717, 1.165) is 0 Å². The van der Waals surface area contributed by atoms with Crippen molar-refractivity contribution in [2.24, 2.45) is 11.7 Å². The fourth-order valence-electron chi connectivity index (χ4n) is 1.36. The van der Waals surface area contributed by atoms with E-state index >= 15 is 0 Å². The van der Waals surface area contributed by atoms with Gasteiger partial charge >= 0.3 is 12.1 Å². The number of nitrogens with two attached hydrogens (primary N) is 1. The second-order valence-electron chi connectivity index (χ2n) is 5.20. The van der Waals surface area contributed by atoms with Crippen molar-refractivity contribution in [3.8, 4) is 0 Å². The van der Waals surface area contributed by atoms with E-state index in [-0.39, 0.29) is 6.54 Å². The summed E-state index contributed by atoms with van der Waals surface area (Å²) in [7, 11) is 0. The van der Waals surface area contributed by atoms with Crippen LogP contribution in [0.2, 0.25) is 0 Å². The van der Waals surface area contributed by atoms with Crippen molar-refractivity contribution < 1.29 is 19.4 Å². The minimum absolute atomic E-state index is 0.148. The average Bonchev–Trinajstić information content (AvgIpc) is 2.20. The first kappa shape index (κ1) is 16.7. The standard InChI is InChI=1S/C12H24N2O4/c1-12(2,3)18-11(17)14-7-5-4-6-9(8-13)10(15)16/h9H,4-8,13H2,1-3H3,(H,14,17)(H,15,16)/t9-/m0/s1. The molecular weight excluding hydrogens is 236 g/mol. The number of unbranched alkanes of at least 4 members (excludes halogenated alkanes) is 1. The van der Waals surface area contributed by atoms with Gasteiger partial charge in [-0.05, 0) is 33.6 Å². The summed E-state index contributed by atoms with van der Waals surface area (Å²) in [6.45, 7) is 6.02. The van der Waals surface area contributed by atoms with Crippen LogP contribution in [-0.4, -0.2) is 35.9 Å². The predicted octanol–water partition coefficient (Wildman–Crippen LogP) is 1.34. The summed E-state index contributed by atoms with van der Waals surface area (Å²) >= 11 is 0. The minimum atomic E-state index is -0.863. The quantitative estimate of drug-likeness (QED) is 0.599. The lowest BCUT2D eigenvalue weighted by Gasteiger charge is -2.19. The zero-order chi connectivity index (χ0) is 14.2. The summed E-state index contributed by atoms with van der Waals surface area (Å²) < 4.78 is 5.06. The highest BCUT2D eigenvalue weighted by molar-refractivity contribution is 5.70. The van der Waals surface area contributed by atoms with E-state index < -0.39 is 23.6 Å². The molecule has 0 saturated heterocycles. The number of hydrogen-bond donors (Lipinski definition) is 3. The van der Waals surface area contributed by atoms with Crippen molar-refractivity contribution in [1.29, 1.82) is 0 Å². The normalized spacial score (nSPS) is 12.9. The molecule has 0 aromatic heterocycles. The first-order valence-electron chi connectivity index (χ1n) is 6.16. The van der Waals surface area contributed by atoms with Crippen molar-refractivity contribution in [3.63, 3.8) is 0 Å². The van der Waals surface area contributed by atoms with Crippen molar-refractivity contribution in [2.75, 3.05) is 13.1 Å². The van der Waals surface area contributed by atoms with Crippen LogP contribution in [0.4, 0.5) is 4.79 Å². The molecule has 0 aliphatic heterocycles. The van der Waals surface area contributed by atoms with E-state index in [1.165, 1.54) is 0 Å². The molecule has 0 unspecified atom stereocenters. The molecule has 0 aromatic rings. The van der Waals surface area contributed by atoms with Crippen LogP contribution in [0, 0.1) is 5.92 Å². The monoisotopic (exact) mass is 260 g/mol. The maximum Gasteiger partial charge on any atom is 0.407 e. The Balaban J connectivity index is 3.62. The van der Waals surface area contributed by atoms with E-state index in [0.29, 0.717) is 25.8 Å². The van der Waals surface area contributed by atoms with Crippen LogP contribution in [0.3, 0.4) is 0 Å². The summed E-state index contributed by atoms with van der Waals surface area (Å²) in [5, 5.41) is 11.4. The Morgan fingerprint density at radius 2 is 1.94 bits per heavy atom. The molecular formula is C12H24N2O4. The lowest BCUT2D eigenvalue weighted by atomic mass is 10.0. The molecule has 0 aromatic carbocycles. The predicted molar refractivity (Wildman–Crippen MR) is 68.3 cm³/mol. The molecule has 6 heteroatoms. The number of carbonyl (C=O) groups excluding carboxylic acids is 1. The van der Waals surface area contributed by atoms with Gasteiger partial charge in [0.2, 0.25) is 0 Å². The van der Waals surface area contributed by atoms with Crippen LogP contribution in [-0.2, 0) is 9.53 Å². The molecule has 0 bridgehead atoms. The number of carboxylic acids is 1. The molecule has 0 spiro atoms. The maximum atomic E-state index is 11.3. The number of alkyl carbamates (subject to hydrolysis) is 1. The summed E-state index contributed by atoms with van der Waals surface area (Å²) in [6, 6.07) is 0. The number of ether oxygens (including phenoxy) is 1. The van der Waals surface area contributed by atoms with Gasteiger partial charge in [0, 0.05) is 13.1 Å². The van der Waals surface area contributed by atoms with Crippen LogP contribution in [0.1, 0.15) is 40.0 Å². The van der Waals surface area contributed by atoms with Gasteiger partial charge < -0.3 is 20.9 Å². The highest BCUT2D eigenvalue weighted by Crippen LogP contribution is 2.08. The zero-order valence-electron chi connectivity index (χ0n) is 11.4. The lowest BCUT2D eigenvalue weighted by molar-refractivity contribution is -0.141. The molecule has 106 valence electrons. The first-order valence-corrected chi connectivity index (χ1v) is 6.16. The number of aliphatic carboxylic acids is 1. The third kappa shape index (κ3) is 8.81. The molecule has 0 aliphatic carbocycles. The third-order valence-electron chi connectivity index (χ3n) is 2.28. The zero-order valence-corrected chi connectivity index (χ0v) is 11.4. The van der Waals surface area contributed by atoms with Crippen LogP contribution in [0.5, 0.6) is 0 Å². The van der Waals surface area contributed by atoms with Crippen molar-refractivity contribution in [1.82, 2.24) is 5.32 Å². The smallest absolute Gasteiger partial charge is 0.407 e. The Kier molecular flexibility index (Phi) is 7.35. The minimum Gasteiger partial charge on any atom is -0.481 e. The molecule has 0 rings (SSSR count). The molecule has 1 amide bonds. The average molecular weight is 260 g/mol. The Bertz CT molecular complexity index is 274. The van der Waals surface area contributed by atoms with Gasteiger partial charge in [-0.15, -0.1) is 0 Å². The molecule has 0 radical (unpaired) electrons. The molecule has 1 atom stereocenters.